The Bertz CT molecular complexity index is 534. The van der Waals surface area contributed by atoms with E-state index >= 15 is 0 Å². The molecular weight excluding hydrogens is 243 g/mol. The van der Waals surface area contributed by atoms with Gasteiger partial charge in [-0.15, -0.1) is 0 Å². The highest BCUT2D eigenvalue weighted by Crippen LogP contribution is 2.26. The zero-order valence-electron chi connectivity index (χ0n) is 8.86. The van der Waals surface area contributed by atoms with Crippen LogP contribution in [0.3, 0.4) is 0 Å². The number of halogens is 2. The van der Waals surface area contributed by atoms with E-state index in [-0.39, 0.29) is 12.3 Å². The maximum atomic E-state index is 13.6. The van der Waals surface area contributed by atoms with Crippen molar-refractivity contribution in [2.45, 2.75) is 6.54 Å². The summed E-state index contributed by atoms with van der Waals surface area (Å²) >= 11 is 5.75. The molecule has 0 aliphatic carbocycles. The lowest BCUT2D eigenvalue weighted by atomic mass is 10.2. The van der Waals surface area contributed by atoms with E-state index < -0.39 is 5.82 Å². The first-order chi connectivity index (χ1) is 8.19. The number of benzene rings is 1. The molecule has 17 heavy (non-hydrogen) atoms. The van der Waals surface area contributed by atoms with Crippen LogP contribution in [0.4, 0.5) is 4.39 Å². The number of nitrogens with two attached hydrogens (primary N) is 1. The second-order valence-electron chi connectivity index (χ2n) is 3.41. The van der Waals surface area contributed by atoms with Gasteiger partial charge < -0.3 is 10.5 Å². The van der Waals surface area contributed by atoms with E-state index in [1.54, 1.807) is 12.1 Å². The lowest BCUT2D eigenvalue weighted by Crippen LogP contribution is -1.97. The van der Waals surface area contributed by atoms with E-state index in [1.807, 2.05) is 0 Å². The lowest BCUT2D eigenvalue weighted by Gasteiger charge is -2.07. The van der Waals surface area contributed by atoms with Gasteiger partial charge in [-0.1, -0.05) is 17.7 Å². The predicted molar refractivity (Wildman–Crippen MR) is 63.6 cm³/mol. The Morgan fingerprint density at radius 2 is 2.12 bits per heavy atom. The quantitative estimate of drug-likeness (QED) is 0.913. The largest absolute Gasteiger partial charge is 0.453 e. The number of aromatic nitrogens is 1. The third kappa shape index (κ3) is 2.93. The molecule has 2 N–H and O–H groups in total. The van der Waals surface area contributed by atoms with Crippen LogP contribution in [0, 0.1) is 5.82 Å². The molecule has 0 aliphatic rings. The standard InChI is InChI=1S/C12H10ClFN2O/c13-9-4-10(7-16-6-9)17-12-2-1-8(5-15)3-11(12)14/h1-4,6-7H,5,15H2. The molecule has 1 heterocycles. The van der Waals surface area contributed by atoms with Gasteiger partial charge in [-0.05, 0) is 17.7 Å². The van der Waals surface area contributed by atoms with Gasteiger partial charge in [-0.3, -0.25) is 4.98 Å². The zero-order chi connectivity index (χ0) is 12.3. The number of nitrogens with zero attached hydrogens (tertiary/aromatic N) is 1. The van der Waals surface area contributed by atoms with Crippen LogP contribution in [0.2, 0.25) is 5.02 Å². The minimum atomic E-state index is -0.465. The van der Waals surface area contributed by atoms with E-state index in [2.05, 4.69) is 4.98 Å². The van der Waals surface area contributed by atoms with Crippen LogP contribution >= 0.6 is 11.6 Å². The molecule has 2 rings (SSSR count). The predicted octanol–water partition coefficient (Wildman–Crippen LogP) is 3.13. The zero-order valence-corrected chi connectivity index (χ0v) is 9.62. The Balaban J connectivity index is 2.24. The van der Waals surface area contributed by atoms with E-state index in [4.69, 9.17) is 22.1 Å². The van der Waals surface area contributed by atoms with Gasteiger partial charge >= 0.3 is 0 Å². The molecule has 3 nitrogen and oxygen atoms in total. The van der Waals surface area contributed by atoms with E-state index in [1.165, 1.54) is 24.5 Å². The van der Waals surface area contributed by atoms with Gasteiger partial charge in [0.05, 0.1) is 11.2 Å². The number of rotatable bonds is 3. The third-order valence-electron chi connectivity index (χ3n) is 2.14. The molecule has 0 bridgehead atoms. The van der Waals surface area contributed by atoms with Crippen molar-refractivity contribution < 1.29 is 9.13 Å². The van der Waals surface area contributed by atoms with E-state index in [9.17, 15) is 4.39 Å². The van der Waals surface area contributed by atoms with Gasteiger partial charge in [-0.25, -0.2) is 4.39 Å². The summed E-state index contributed by atoms with van der Waals surface area (Å²) in [5, 5.41) is 0.432. The first kappa shape index (κ1) is 11.8. The van der Waals surface area contributed by atoms with Crippen LogP contribution in [0.5, 0.6) is 11.5 Å². The fraction of sp³-hybridized carbons (Fsp3) is 0.0833. The second kappa shape index (κ2) is 5.12. The van der Waals surface area contributed by atoms with Gasteiger partial charge in [0, 0.05) is 18.8 Å². The van der Waals surface area contributed by atoms with Crippen LogP contribution in [0.15, 0.2) is 36.7 Å². The van der Waals surface area contributed by atoms with Crippen LogP contribution < -0.4 is 10.5 Å². The molecule has 2 aromatic rings. The molecule has 0 saturated carbocycles. The van der Waals surface area contributed by atoms with Crippen LogP contribution in [0.25, 0.3) is 0 Å². The maximum Gasteiger partial charge on any atom is 0.166 e. The van der Waals surface area contributed by atoms with Gasteiger partial charge in [0.15, 0.2) is 11.6 Å². The molecule has 1 aromatic heterocycles. The highest BCUT2D eigenvalue weighted by atomic mass is 35.5. The molecule has 5 heteroatoms. The van der Waals surface area contributed by atoms with Gasteiger partial charge in [-0.2, -0.15) is 0 Å². The van der Waals surface area contributed by atoms with Crippen molar-refractivity contribution in [3.05, 3.63) is 53.1 Å². The molecule has 0 radical (unpaired) electrons. The van der Waals surface area contributed by atoms with E-state index in [0.717, 1.165) is 0 Å². The Hall–Kier alpha value is -1.65. The summed E-state index contributed by atoms with van der Waals surface area (Å²) in [6, 6.07) is 6.13. The second-order valence-corrected chi connectivity index (χ2v) is 3.85. The van der Waals surface area contributed by atoms with Crippen LogP contribution in [0.1, 0.15) is 5.56 Å². The summed E-state index contributed by atoms with van der Waals surface area (Å²) < 4.78 is 18.9. The molecule has 0 aliphatic heterocycles. The molecule has 0 atom stereocenters. The van der Waals surface area contributed by atoms with Crippen molar-refractivity contribution in [2.24, 2.45) is 5.73 Å². The fourth-order valence-corrected chi connectivity index (χ4v) is 1.49. The van der Waals surface area contributed by atoms with Gasteiger partial charge in [0.1, 0.15) is 5.75 Å². The normalized spacial score (nSPS) is 10.3. The summed E-state index contributed by atoms with van der Waals surface area (Å²) in [5.74, 6) is 0.0380. The highest BCUT2D eigenvalue weighted by Gasteiger charge is 2.06. The monoisotopic (exact) mass is 252 g/mol. The number of ether oxygens (including phenoxy) is 1. The maximum absolute atomic E-state index is 13.6. The Morgan fingerprint density at radius 3 is 2.76 bits per heavy atom. The summed E-state index contributed by atoms with van der Waals surface area (Å²) in [6.07, 6.45) is 2.93. The Morgan fingerprint density at radius 1 is 1.29 bits per heavy atom. The number of pyridine rings is 1. The summed E-state index contributed by atoms with van der Waals surface area (Å²) in [4.78, 5) is 3.84. The van der Waals surface area contributed by atoms with Gasteiger partial charge in [0.25, 0.3) is 0 Å². The van der Waals surface area contributed by atoms with Crippen molar-refractivity contribution in [3.8, 4) is 11.5 Å². The topological polar surface area (TPSA) is 48.1 Å². The minimum Gasteiger partial charge on any atom is -0.453 e. The van der Waals surface area contributed by atoms with Crippen LogP contribution in [-0.4, -0.2) is 4.98 Å². The summed E-state index contributed by atoms with van der Waals surface area (Å²) in [6.45, 7) is 0.288. The van der Waals surface area contributed by atoms with Crippen molar-refractivity contribution in [1.82, 2.24) is 4.98 Å². The van der Waals surface area contributed by atoms with Gasteiger partial charge in [0.2, 0.25) is 0 Å². The smallest absolute Gasteiger partial charge is 0.166 e. The van der Waals surface area contributed by atoms with E-state index in [0.29, 0.717) is 16.3 Å². The average Bonchev–Trinajstić information content (AvgIpc) is 2.32. The molecule has 0 fully saturated rings. The minimum absolute atomic E-state index is 0.117. The first-order valence-corrected chi connectivity index (χ1v) is 5.34. The molecule has 0 spiro atoms. The highest BCUT2D eigenvalue weighted by molar-refractivity contribution is 6.30. The fourth-order valence-electron chi connectivity index (χ4n) is 1.33. The first-order valence-electron chi connectivity index (χ1n) is 4.96. The third-order valence-corrected chi connectivity index (χ3v) is 2.35. The SMILES string of the molecule is NCc1ccc(Oc2cncc(Cl)c2)c(F)c1. The average molecular weight is 253 g/mol. The Kier molecular flexibility index (Phi) is 3.56. The summed E-state index contributed by atoms with van der Waals surface area (Å²) in [7, 11) is 0. The molecule has 0 saturated heterocycles. The molecule has 1 aromatic carbocycles. The lowest BCUT2D eigenvalue weighted by molar-refractivity contribution is 0.440. The van der Waals surface area contributed by atoms with Crippen LogP contribution in [-0.2, 0) is 6.54 Å². The molecule has 88 valence electrons. The summed E-state index contributed by atoms with van der Waals surface area (Å²) in [5.41, 5.74) is 6.11. The molecule has 0 amide bonds. The number of hydrogen-bond donors (Lipinski definition) is 1. The van der Waals surface area contributed by atoms with Crippen molar-refractivity contribution in [3.63, 3.8) is 0 Å². The number of hydrogen-bond acceptors (Lipinski definition) is 3. The van der Waals surface area contributed by atoms with Crippen molar-refractivity contribution in [2.75, 3.05) is 0 Å². The van der Waals surface area contributed by atoms with Crippen molar-refractivity contribution in [1.29, 1.82) is 0 Å². The Labute approximate surface area is 103 Å². The molecular formula is C12H10ClFN2O. The van der Waals surface area contributed by atoms with Crippen molar-refractivity contribution >= 4 is 11.6 Å². The molecule has 0 unspecified atom stereocenters.